The summed E-state index contributed by atoms with van der Waals surface area (Å²) in [6.07, 6.45) is 6.06. The van der Waals surface area contributed by atoms with Crippen LogP contribution in [0.15, 0.2) is 0 Å². The number of nitrogens with one attached hydrogen (secondary N) is 1. The highest BCUT2D eigenvalue weighted by Crippen LogP contribution is 2.34. The molecule has 1 N–H and O–H groups in total. The largest absolute Gasteiger partial charge is 0.459 e. The fraction of sp³-hybridized carbons (Fsp3) is 0.611. The van der Waals surface area contributed by atoms with E-state index in [0.29, 0.717) is 33.3 Å². The molecule has 0 radical (unpaired) electrons. The number of nitrogens with zero attached hydrogens (tertiary/aromatic N) is 1. The van der Waals surface area contributed by atoms with Crippen molar-refractivity contribution in [3.63, 3.8) is 0 Å². The minimum Gasteiger partial charge on any atom is -0.459 e. The van der Waals surface area contributed by atoms with Gasteiger partial charge in [0.25, 0.3) is 0 Å². The van der Waals surface area contributed by atoms with Crippen molar-refractivity contribution in [2.24, 2.45) is 5.92 Å². The van der Waals surface area contributed by atoms with E-state index in [1.807, 2.05) is 0 Å². The maximum Gasteiger partial charge on any atom is 0.348 e. The van der Waals surface area contributed by atoms with Gasteiger partial charge in [0, 0.05) is 6.42 Å². The monoisotopic (exact) mass is 348 g/mol. The van der Waals surface area contributed by atoms with E-state index in [1.165, 1.54) is 25.7 Å². The Labute approximate surface area is 147 Å². The minimum atomic E-state index is -0.449. The molecule has 2 rings (SSSR count). The summed E-state index contributed by atoms with van der Waals surface area (Å²) >= 11 is 1.12. The van der Waals surface area contributed by atoms with Gasteiger partial charge < -0.3 is 10.1 Å². The number of thiophene rings is 1. The third kappa shape index (κ3) is 4.57. The molecular weight excluding hydrogens is 324 g/mol. The van der Waals surface area contributed by atoms with Crippen molar-refractivity contribution in [1.29, 1.82) is 5.26 Å². The fourth-order valence-corrected chi connectivity index (χ4v) is 4.08. The molecular formula is C18H24N2O3S. The number of ether oxygens (including phenoxy) is 1. The number of hydrogen-bond acceptors (Lipinski definition) is 5. The molecule has 0 bridgehead atoms. The maximum atomic E-state index is 12.2. The molecule has 130 valence electrons. The molecule has 1 aromatic heterocycles. The van der Waals surface area contributed by atoms with Crippen molar-refractivity contribution >= 4 is 28.2 Å². The molecule has 24 heavy (non-hydrogen) atoms. The molecule has 0 aliphatic heterocycles. The van der Waals surface area contributed by atoms with Gasteiger partial charge in [-0.1, -0.05) is 25.7 Å². The van der Waals surface area contributed by atoms with Gasteiger partial charge >= 0.3 is 5.97 Å². The van der Waals surface area contributed by atoms with Gasteiger partial charge in [0.1, 0.15) is 15.9 Å². The normalized spacial score (nSPS) is 14.6. The molecule has 0 aromatic carbocycles. The molecule has 1 amide bonds. The van der Waals surface area contributed by atoms with Crippen molar-refractivity contribution in [2.75, 3.05) is 5.32 Å². The number of amides is 1. The zero-order valence-electron chi connectivity index (χ0n) is 14.5. The van der Waals surface area contributed by atoms with Crippen LogP contribution < -0.4 is 5.32 Å². The highest BCUT2D eigenvalue weighted by molar-refractivity contribution is 7.18. The van der Waals surface area contributed by atoms with Crippen LogP contribution in [0.2, 0.25) is 0 Å². The number of hydrogen-bond donors (Lipinski definition) is 1. The summed E-state index contributed by atoms with van der Waals surface area (Å²) in [7, 11) is 0. The average Bonchev–Trinajstić information content (AvgIpc) is 3.12. The van der Waals surface area contributed by atoms with Gasteiger partial charge in [-0.2, -0.15) is 5.26 Å². The maximum absolute atomic E-state index is 12.2. The summed E-state index contributed by atoms with van der Waals surface area (Å²) in [6.45, 7) is 5.26. The first-order valence-electron chi connectivity index (χ1n) is 8.46. The predicted octanol–water partition coefficient (Wildman–Crippen LogP) is 4.40. The van der Waals surface area contributed by atoms with Gasteiger partial charge in [0.05, 0.1) is 11.7 Å². The summed E-state index contributed by atoms with van der Waals surface area (Å²) in [6, 6.07) is 2.08. The topological polar surface area (TPSA) is 79.2 Å². The van der Waals surface area contributed by atoms with Crippen molar-refractivity contribution in [1.82, 2.24) is 0 Å². The van der Waals surface area contributed by atoms with Crippen molar-refractivity contribution in [3.8, 4) is 6.07 Å². The summed E-state index contributed by atoms with van der Waals surface area (Å²) in [5, 5.41) is 12.6. The molecule has 0 spiro atoms. The average molecular weight is 348 g/mol. The van der Waals surface area contributed by atoms with Crippen molar-refractivity contribution < 1.29 is 14.3 Å². The standard InChI is InChI=1S/C18H24N2O3S/c1-11(2)23-18(22)16-12(3)14(10-19)17(24-16)20-15(21)9-8-13-6-4-5-7-13/h11,13H,4-9H2,1-3H3,(H,20,21). The van der Waals surface area contributed by atoms with Crippen molar-refractivity contribution in [2.45, 2.75) is 65.4 Å². The minimum absolute atomic E-state index is 0.0940. The summed E-state index contributed by atoms with van der Waals surface area (Å²) < 4.78 is 5.20. The van der Waals surface area contributed by atoms with E-state index < -0.39 is 5.97 Å². The zero-order chi connectivity index (χ0) is 17.7. The van der Waals surface area contributed by atoms with E-state index >= 15 is 0 Å². The lowest BCUT2D eigenvalue weighted by Crippen LogP contribution is -2.12. The number of nitriles is 1. The summed E-state index contributed by atoms with van der Waals surface area (Å²) in [4.78, 5) is 24.7. The summed E-state index contributed by atoms with van der Waals surface area (Å²) in [5.41, 5.74) is 0.921. The first kappa shape index (κ1) is 18.5. The van der Waals surface area contributed by atoms with E-state index in [1.54, 1.807) is 20.8 Å². The second-order valence-corrected chi connectivity index (χ2v) is 7.58. The van der Waals surface area contributed by atoms with Crippen LogP contribution in [-0.4, -0.2) is 18.0 Å². The molecule has 6 heteroatoms. The quantitative estimate of drug-likeness (QED) is 0.773. The van der Waals surface area contributed by atoms with Crippen LogP contribution in [0.25, 0.3) is 0 Å². The highest BCUT2D eigenvalue weighted by atomic mass is 32.1. The van der Waals surface area contributed by atoms with Crippen LogP contribution in [0.4, 0.5) is 5.00 Å². The molecule has 5 nitrogen and oxygen atoms in total. The van der Waals surface area contributed by atoms with Crippen molar-refractivity contribution in [3.05, 3.63) is 16.0 Å². The molecule has 0 saturated heterocycles. The van der Waals surface area contributed by atoms with E-state index in [-0.39, 0.29) is 12.0 Å². The predicted molar refractivity (Wildman–Crippen MR) is 94.1 cm³/mol. The Balaban J connectivity index is 2.04. The lowest BCUT2D eigenvalue weighted by molar-refractivity contribution is -0.116. The molecule has 1 heterocycles. The molecule has 1 aromatic rings. The van der Waals surface area contributed by atoms with Crippen LogP contribution in [-0.2, 0) is 9.53 Å². The van der Waals surface area contributed by atoms with E-state index in [9.17, 15) is 14.9 Å². The molecule has 1 aliphatic rings. The number of carbonyl (C=O) groups is 2. The Bertz CT molecular complexity index is 652. The van der Waals surface area contributed by atoms with Crippen LogP contribution >= 0.6 is 11.3 Å². The number of rotatable bonds is 6. The van der Waals surface area contributed by atoms with Gasteiger partial charge in [0.2, 0.25) is 5.91 Å². The Hall–Kier alpha value is -1.87. The summed E-state index contributed by atoms with van der Waals surface area (Å²) in [5.74, 6) is 0.103. The smallest absolute Gasteiger partial charge is 0.348 e. The lowest BCUT2D eigenvalue weighted by Gasteiger charge is -2.08. The van der Waals surface area contributed by atoms with Crippen LogP contribution in [0, 0.1) is 24.2 Å². The molecule has 1 aliphatic carbocycles. The number of anilines is 1. The Morgan fingerprint density at radius 2 is 2.04 bits per heavy atom. The first-order valence-corrected chi connectivity index (χ1v) is 9.28. The van der Waals surface area contributed by atoms with Gasteiger partial charge in [-0.25, -0.2) is 4.79 Å². The first-order chi connectivity index (χ1) is 11.4. The van der Waals surface area contributed by atoms with Crippen LogP contribution in [0.1, 0.15) is 73.2 Å². The third-order valence-corrected chi connectivity index (χ3v) is 5.48. The van der Waals surface area contributed by atoms with Crippen LogP contribution in [0.3, 0.4) is 0 Å². The second-order valence-electron chi connectivity index (χ2n) is 6.56. The fourth-order valence-electron chi connectivity index (χ4n) is 3.02. The molecule has 1 saturated carbocycles. The Morgan fingerprint density at radius 1 is 1.38 bits per heavy atom. The third-order valence-electron chi connectivity index (χ3n) is 4.29. The lowest BCUT2D eigenvalue weighted by atomic mass is 10.0. The Morgan fingerprint density at radius 3 is 2.62 bits per heavy atom. The number of esters is 1. The van der Waals surface area contributed by atoms with Gasteiger partial charge in [0.15, 0.2) is 0 Å². The highest BCUT2D eigenvalue weighted by Gasteiger charge is 2.23. The zero-order valence-corrected chi connectivity index (χ0v) is 15.3. The Kier molecular flexibility index (Phi) is 6.38. The van der Waals surface area contributed by atoms with E-state index in [0.717, 1.165) is 17.8 Å². The van der Waals surface area contributed by atoms with Crippen LogP contribution in [0.5, 0.6) is 0 Å². The van der Waals surface area contributed by atoms with E-state index in [4.69, 9.17) is 4.74 Å². The van der Waals surface area contributed by atoms with E-state index in [2.05, 4.69) is 11.4 Å². The molecule has 0 atom stereocenters. The molecule has 0 unspecified atom stereocenters. The van der Waals surface area contributed by atoms with Gasteiger partial charge in [-0.3, -0.25) is 4.79 Å². The van der Waals surface area contributed by atoms with Gasteiger partial charge in [-0.05, 0) is 38.7 Å². The van der Waals surface area contributed by atoms with Gasteiger partial charge in [-0.15, -0.1) is 11.3 Å². The second kappa shape index (κ2) is 8.29. The SMILES string of the molecule is Cc1c(C(=O)OC(C)C)sc(NC(=O)CCC2CCCC2)c1C#N. The molecule has 1 fully saturated rings. The number of carbonyl (C=O) groups excluding carboxylic acids is 2.